The van der Waals surface area contributed by atoms with Gasteiger partial charge in [-0.1, -0.05) is 37.3 Å². The molecule has 0 aliphatic heterocycles. The zero-order valence-corrected chi connectivity index (χ0v) is 16.1. The first kappa shape index (κ1) is 19.9. The van der Waals surface area contributed by atoms with Crippen LogP contribution < -0.4 is 10.6 Å². The minimum Gasteiger partial charge on any atom is -0.480 e. The van der Waals surface area contributed by atoms with Crippen LogP contribution in [-0.2, 0) is 4.79 Å². The Balaban J connectivity index is 1.46. The lowest BCUT2D eigenvalue weighted by Gasteiger charge is -2.42. The summed E-state index contributed by atoms with van der Waals surface area (Å²) < 4.78 is 5.76. The van der Waals surface area contributed by atoms with Crippen LogP contribution in [0.5, 0.6) is 0 Å². The molecule has 0 spiro atoms. The molecule has 1 aromatic carbocycles. The summed E-state index contributed by atoms with van der Waals surface area (Å²) in [4.78, 5) is 29.3. The van der Waals surface area contributed by atoms with Crippen molar-refractivity contribution in [2.45, 2.75) is 44.8 Å². The third-order valence-electron chi connectivity index (χ3n) is 5.01. The Morgan fingerprint density at radius 1 is 1.32 bits per heavy atom. The summed E-state index contributed by atoms with van der Waals surface area (Å²) >= 11 is 0. The van der Waals surface area contributed by atoms with Gasteiger partial charge in [-0.15, -0.1) is 0 Å². The SMILES string of the molecule is CCN(CC(=O)O)C1CC(NC(=O)NC(C)c2ncc(-c3ccccc3)o2)C1. The van der Waals surface area contributed by atoms with E-state index < -0.39 is 5.97 Å². The number of hydrogen-bond acceptors (Lipinski definition) is 5. The molecular weight excluding hydrogens is 360 g/mol. The van der Waals surface area contributed by atoms with Crippen LogP contribution in [0.2, 0.25) is 0 Å². The maximum absolute atomic E-state index is 12.2. The third kappa shape index (κ3) is 4.89. The molecule has 0 radical (unpaired) electrons. The quantitative estimate of drug-likeness (QED) is 0.644. The van der Waals surface area contributed by atoms with Crippen molar-refractivity contribution in [2.75, 3.05) is 13.1 Å². The summed E-state index contributed by atoms with van der Waals surface area (Å²) in [5.74, 6) is 0.273. The van der Waals surface area contributed by atoms with Crippen LogP contribution in [0.15, 0.2) is 40.9 Å². The van der Waals surface area contributed by atoms with E-state index >= 15 is 0 Å². The Morgan fingerprint density at radius 2 is 2.04 bits per heavy atom. The molecule has 1 aliphatic rings. The summed E-state index contributed by atoms with van der Waals surface area (Å²) in [5.41, 5.74) is 0.931. The van der Waals surface area contributed by atoms with Crippen molar-refractivity contribution in [1.82, 2.24) is 20.5 Å². The van der Waals surface area contributed by atoms with E-state index in [1.807, 2.05) is 49.1 Å². The van der Waals surface area contributed by atoms with Gasteiger partial charge < -0.3 is 20.2 Å². The van der Waals surface area contributed by atoms with Crippen LogP contribution in [0.4, 0.5) is 4.79 Å². The maximum Gasteiger partial charge on any atom is 0.317 e. The second-order valence-electron chi connectivity index (χ2n) is 7.05. The molecule has 0 bridgehead atoms. The zero-order chi connectivity index (χ0) is 20.1. The molecule has 3 N–H and O–H groups in total. The van der Waals surface area contributed by atoms with Gasteiger partial charge in [0.25, 0.3) is 0 Å². The smallest absolute Gasteiger partial charge is 0.317 e. The number of carboxylic acid groups (broad SMARTS) is 1. The summed E-state index contributed by atoms with van der Waals surface area (Å²) in [5, 5.41) is 14.7. The number of aliphatic carboxylic acids is 1. The monoisotopic (exact) mass is 386 g/mol. The number of benzene rings is 1. The highest BCUT2D eigenvalue weighted by Gasteiger charge is 2.34. The first-order valence-corrected chi connectivity index (χ1v) is 9.50. The van der Waals surface area contributed by atoms with Gasteiger partial charge in [-0.2, -0.15) is 0 Å². The van der Waals surface area contributed by atoms with Crippen LogP contribution in [0.3, 0.4) is 0 Å². The lowest BCUT2D eigenvalue weighted by molar-refractivity contribution is -0.139. The molecule has 2 aromatic rings. The van der Waals surface area contributed by atoms with Crippen LogP contribution >= 0.6 is 0 Å². The van der Waals surface area contributed by atoms with E-state index in [-0.39, 0.29) is 30.7 Å². The predicted octanol–water partition coefficient (Wildman–Crippen LogP) is 2.64. The number of oxazole rings is 1. The number of rotatable bonds is 8. The lowest BCUT2D eigenvalue weighted by atomic mass is 9.85. The largest absolute Gasteiger partial charge is 0.480 e. The van der Waals surface area contributed by atoms with Crippen LogP contribution in [0, 0.1) is 0 Å². The Labute approximate surface area is 163 Å². The van der Waals surface area contributed by atoms with Crippen LogP contribution in [0.1, 0.15) is 38.6 Å². The van der Waals surface area contributed by atoms with Gasteiger partial charge >= 0.3 is 12.0 Å². The summed E-state index contributed by atoms with van der Waals surface area (Å²) in [6.07, 6.45) is 3.15. The van der Waals surface area contributed by atoms with Gasteiger partial charge in [-0.25, -0.2) is 9.78 Å². The average molecular weight is 386 g/mol. The van der Waals surface area contributed by atoms with E-state index in [0.717, 1.165) is 18.4 Å². The number of aromatic nitrogens is 1. The standard InChI is InChI=1S/C20H26N4O4/c1-3-24(12-18(25)26)16-9-15(10-16)23-20(27)22-13(2)19-21-11-17(28-19)14-7-5-4-6-8-14/h4-8,11,13,15-16H,3,9-10,12H2,1-2H3,(H,25,26)(H2,22,23,27). The van der Waals surface area contributed by atoms with Crippen molar-refractivity contribution in [3.8, 4) is 11.3 Å². The summed E-state index contributed by atoms with van der Waals surface area (Å²) in [6.45, 7) is 4.47. The fourth-order valence-corrected chi connectivity index (χ4v) is 3.39. The van der Waals surface area contributed by atoms with Gasteiger partial charge in [0.2, 0.25) is 5.89 Å². The third-order valence-corrected chi connectivity index (χ3v) is 5.01. The topological polar surface area (TPSA) is 108 Å². The minimum absolute atomic E-state index is 0.0328. The van der Waals surface area contributed by atoms with E-state index in [9.17, 15) is 9.59 Å². The van der Waals surface area contributed by atoms with E-state index in [4.69, 9.17) is 9.52 Å². The molecule has 0 saturated heterocycles. The highest BCUT2D eigenvalue weighted by molar-refractivity contribution is 5.74. The van der Waals surface area contributed by atoms with Crippen LogP contribution in [-0.4, -0.2) is 52.2 Å². The van der Waals surface area contributed by atoms with Gasteiger partial charge in [0.15, 0.2) is 5.76 Å². The van der Waals surface area contributed by atoms with Crippen molar-refractivity contribution >= 4 is 12.0 Å². The molecule has 1 aromatic heterocycles. The van der Waals surface area contributed by atoms with Gasteiger partial charge in [0.1, 0.15) is 6.04 Å². The number of nitrogens with zero attached hydrogens (tertiary/aromatic N) is 2. The Morgan fingerprint density at radius 3 is 2.68 bits per heavy atom. The highest BCUT2D eigenvalue weighted by Crippen LogP contribution is 2.26. The Hall–Kier alpha value is -2.87. The molecule has 28 heavy (non-hydrogen) atoms. The second kappa shape index (κ2) is 8.88. The molecule has 1 atom stereocenters. The molecule has 150 valence electrons. The molecule has 8 heteroatoms. The van der Waals surface area contributed by atoms with Gasteiger partial charge in [-0.05, 0) is 26.3 Å². The van der Waals surface area contributed by atoms with Crippen LogP contribution in [0.25, 0.3) is 11.3 Å². The van der Waals surface area contributed by atoms with E-state index in [0.29, 0.717) is 18.2 Å². The number of carbonyl (C=O) groups is 2. The second-order valence-corrected chi connectivity index (χ2v) is 7.05. The number of urea groups is 1. The van der Waals surface area contributed by atoms with Crippen molar-refractivity contribution in [1.29, 1.82) is 0 Å². The zero-order valence-electron chi connectivity index (χ0n) is 16.1. The Kier molecular flexibility index (Phi) is 6.30. The first-order chi connectivity index (χ1) is 13.5. The number of carbonyl (C=O) groups excluding carboxylic acids is 1. The highest BCUT2D eigenvalue weighted by atomic mass is 16.4. The van der Waals surface area contributed by atoms with Gasteiger partial charge in [0.05, 0.1) is 12.7 Å². The molecule has 1 aliphatic carbocycles. The van der Waals surface area contributed by atoms with Crippen molar-refractivity contribution in [2.24, 2.45) is 0 Å². The number of nitrogens with one attached hydrogen (secondary N) is 2. The number of carboxylic acids is 1. The molecular formula is C20H26N4O4. The molecule has 2 amide bonds. The fraction of sp³-hybridized carbons (Fsp3) is 0.450. The predicted molar refractivity (Wildman–Crippen MR) is 104 cm³/mol. The molecule has 1 unspecified atom stereocenters. The summed E-state index contributed by atoms with van der Waals surface area (Å²) in [6, 6.07) is 9.25. The normalized spacial score (nSPS) is 19.7. The molecule has 1 saturated carbocycles. The number of amides is 2. The molecule has 1 fully saturated rings. The van der Waals surface area contributed by atoms with Crippen molar-refractivity contribution < 1.29 is 19.1 Å². The Bertz CT molecular complexity index is 802. The minimum atomic E-state index is -0.828. The van der Waals surface area contributed by atoms with Crippen molar-refractivity contribution in [3.63, 3.8) is 0 Å². The molecule has 3 rings (SSSR count). The number of hydrogen-bond donors (Lipinski definition) is 3. The van der Waals surface area contributed by atoms with Gasteiger partial charge in [-0.3, -0.25) is 9.69 Å². The van der Waals surface area contributed by atoms with E-state index in [2.05, 4.69) is 15.6 Å². The molecule has 1 heterocycles. The molecule has 8 nitrogen and oxygen atoms in total. The van der Waals surface area contributed by atoms with E-state index in [1.54, 1.807) is 6.20 Å². The summed E-state index contributed by atoms with van der Waals surface area (Å²) in [7, 11) is 0. The van der Waals surface area contributed by atoms with E-state index in [1.165, 1.54) is 0 Å². The maximum atomic E-state index is 12.2. The van der Waals surface area contributed by atoms with Gasteiger partial charge in [0, 0.05) is 17.6 Å². The fourth-order valence-electron chi connectivity index (χ4n) is 3.39. The first-order valence-electron chi connectivity index (χ1n) is 9.50. The van der Waals surface area contributed by atoms with Crippen molar-refractivity contribution in [3.05, 3.63) is 42.4 Å². The lowest BCUT2D eigenvalue weighted by Crippen LogP contribution is -2.56. The average Bonchev–Trinajstić information content (AvgIpc) is 3.13. The number of likely N-dealkylation sites (N-methyl/N-ethyl adjacent to an activating group) is 1.